The Hall–Kier alpha value is -2.83. The number of methoxy groups -OCH3 is 1. The van der Waals surface area contributed by atoms with Crippen molar-refractivity contribution in [2.24, 2.45) is 5.92 Å². The normalized spacial score (nSPS) is 24.9. The van der Waals surface area contributed by atoms with Gasteiger partial charge < -0.3 is 19.7 Å². The molecule has 0 radical (unpaired) electrons. The Morgan fingerprint density at radius 2 is 1.96 bits per heavy atom. The third-order valence-corrected chi connectivity index (χ3v) is 5.13. The van der Waals surface area contributed by atoms with Crippen LogP contribution in [-0.2, 0) is 19.1 Å². The van der Waals surface area contributed by atoms with Gasteiger partial charge in [0, 0.05) is 25.9 Å². The lowest BCUT2D eigenvalue weighted by Gasteiger charge is -2.25. The molecular formula is C20H24N2O5. The Morgan fingerprint density at radius 3 is 2.52 bits per heavy atom. The van der Waals surface area contributed by atoms with Gasteiger partial charge in [-0.25, -0.2) is 4.79 Å². The van der Waals surface area contributed by atoms with Gasteiger partial charge in [0.05, 0.1) is 13.0 Å². The first-order valence-electron chi connectivity index (χ1n) is 9.00. The number of cyclic esters (lactones) is 1. The monoisotopic (exact) mass is 372 g/mol. The predicted molar refractivity (Wildman–Crippen MR) is 98.6 cm³/mol. The van der Waals surface area contributed by atoms with E-state index < -0.39 is 12.1 Å². The van der Waals surface area contributed by atoms with Crippen LogP contribution in [0.2, 0.25) is 0 Å². The highest BCUT2D eigenvalue weighted by molar-refractivity contribution is 5.82. The summed E-state index contributed by atoms with van der Waals surface area (Å²) in [7, 11) is 1.38. The molecule has 1 fully saturated rings. The van der Waals surface area contributed by atoms with Crippen molar-refractivity contribution in [3.8, 4) is 0 Å². The SMILES string of the molecule is COC(=O)N1CC=C(c2ccc(C3C(=O)OC(NC(C)=O)C3C)cc2)CC1. The van der Waals surface area contributed by atoms with Crippen LogP contribution in [0.25, 0.3) is 5.57 Å². The molecular weight excluding hydrogens is 348 g/mol. The maximum atomic E-state index is 12.3. The van der Waals surface area contributed by atoms with Gasteiger partial charge in [-0.15, -0.1) is 0 Å². The first-order chi connectivity index (χ1) is 12.9. The van der Waals surface area contributed by atoms with Crippen molar-refractivity contribution in [3.63, 3.8) is 0 Å². The smallest absolute Gasteiger partial charge is 0.409 e. The largest absolute Gasteiger partial charge is 0.453 e. The van der Waals surface area contributed by atoms with Gasteiger partial charge in [-0.05, 0) is 23.1 Å². The van der Waals surface area contributed by atoms with Gasteiger partial charge in [0.15, 0.2) is 6.23 Å². The zero-order valence-corrected chi connectivity index (χ0v) is 15.7. The molecule has 3 atom stereocenters. The lowest BCUT2D eigenvalue weighted by molar-refractivity contribution is -0.144. The van der Waals surface area contributed by atoms with Crippen LogP contribution in [0.4, 0.5) is 4.79 Å². The summed E-state index contributed by atoms with van der Waals surface area (Å²) in [5.41, 5.74) is 3.11. The summed E-state index contributed by atoms with van der Waals surface area (Å²) >= 11 is 0. The molecule has 0 aliphatic carbocycles. The molecule has 3 rings (SSSR count). The van der Waals surface area contributed by atoms with Gasteiger partial charge in [-0.2, -0.15) is 0 Å². The Bertz CT molecular complexity index is 771. The zero-order valence-electron chi connectivity index (χ0n) is 15.7. The number of benzene rings is 1. The second-order valence-electron chi connectivity index (χ2n) is 6.91. The van der Waals surface area contributed by atoms with E-state index in [9.17, 15) is 14.4 Å². The van der Waals surface area contributed by atoms with Crippen molar-refractivity contribution in [2.75, 3.05) is 20.2 Å². The van der Waals surface area contributed by atoms with Gasteiger partial charge in [0.25, 0.3) is 0 Å². The van der Waals surface area contributed by atoms with Crippen molar-refractivity contribution in [1.29, 1.82) is 0 Å². The topological polar surface area (TPSA) is 84.9 Å². The maximum absolute atomic E-state index is 12.3. The molecule has 7 nitrogen and oxygen atoms in total. The fourth-order valence-corrected chi connectivity index (χ4v) is 3.63. The highest BCUT2D eigenvalue weighted by atomic mass is 16.6. The van der Waals surface area contributed by atoms with E-state index in [0.29, 0.717) is 13.1 Å². The second kappa shape index (κ2) is 7.82. The Labute approximate surface area is 158 Å². The van der Waals surface area contributed by atoms with E-state index in [2.05, 4.69) is 5.32 Å². The zero-order chi connectivity index (χ0) is 19.6. The van der Waals surface area contributed by atoms with E-state index in [4.69, 9.17) is 9.47 Å². The summed E-state index contributed by atoms with van der Waals surface area (Å²) in [4.78, 5) is 36.7. The van der Waals surface area contributed by atoms with Gasteiger partial charge in [0.2, 0.25) is 5.91 Å². The van der Waals surface area contributed by atoms with Crippen LogP contribution in [0.3, 0.4) is 0 Å². The molecule has 1 aromatic rings. The number of amides is 2. The number of carbonyl (C=O) groups is 3. The predicted octanol–water partition coefficient (Wildman–Crippen LogP) is 2.28. The Balaban J connectivity index is 1.71. The number of ether oxygens (including phenoxy) is 2. The first-order valence-corrected chi connectivity index (χ1v) is 9.00. The number of nitrogens with one attached hydrogen (secondary N) is 1. The summed E-state index contributed by atoms with van der Waals surface area (Å²) in [6.07, 6.45) is 1.86. The van der Waals surface area contributed by atoms with Crippen LogP contribution in [0.15, 0.2) is 30.3 Å². The van der Waals surface area contributed by atoms with Gasteiger partial charge in [0.1, 0.15) is 0 Å². The molecule has 1 aromatic carbocycles. The molecule has 2 amide bonds. The molecule has 1 N–H and O–H groups in total. The van der Waals surface area contributed by atoms with Crippen LogP contribution in [0.1, 0.15) is 37.3 Å². The molecule has 2 aliphatic heterocycles. The first kappa shape index (κ1) is 18.9. The highest BCUT2D eigenvalue weighted by Gasteiger charge is 2.43. The fraction of sp³-hybridized carbons (Fsp3) is 0.450. The summed E-state index contributed by atoms with van der Waals surface area (Å²) in [5.74, 6) is -1.08. The molecule has 144 valence electrons. The van der Waals surface area contributed by atoms with Crippen LogP contribution >= 0.6 is 0 Å². The van der Waals surface area contributed by atoms with E-state index in [0.717, 1.165) is 17.5 Å². The molecule has 3 unspecified atom stereocenters. The number of hydrogen-bond acceptors (Lipinski definition) is 5. The summed E-state index contributed by atoms with van der Waals surface area (Å²) in [6, 6.07) is 7.84. The van der Waals surface area contributed by atoms with Crippen molar-refractivity contribution in [1.82, 2.24) is 10.2 Å². The molecule has 0 spiro atoms. The van der Waals surface area contributed by atoms with Crippen LogP contribution in [0.5, 0.6) is 0 Å². The summed E-state index contributed by atoms with van der Waals surface area (Å²) in [5, 5.41) is 2.67. The number of hydrogen-bond donors (Lipinski definition) is 1. The minimum atomic E-state index is -0.593. The van der Waals surface area contributed by atoms with Crippen LogP contribution < -0.4 is 5.32 Å². The van der Waals surface area contributed by atoms with Crippen molar-refractivity contribution in [2.45, 2.75) is 32.4 Å². The number of carbonyl (C=O) groups excluding carboxylic acids is 3. The second-order valence-corrected chi connectivity index (χ2v) is 6.91. The minimum Gasteiger partial charge on any atom is -0.453 e. The highest BCUT2D eigenvalue weighted by Crippen LogP contribution is 2.36. The van der Waals surface area contributed by atoms with Crippen LogP contribution in [0, 0.1) is 5.92 Å². The van der Waals surface area contributed by atoms with Crippen LogP contribution in [-0.4, -0.2) is 49.3 Å². The number of esters is 1. The quantitative estimate of drug-likeness (QED) is 0.823. The van der Waals surface area contributed by atoms with Crippen molar-refractivity contribution >= 4 is 23.5 Å². The summed E-state index contributed by atoms with van der Waals surface area (Å²) < 4.78 is 10.1. The van der Waals surface area contributed by atoms with Crippen molar-refractivity contribution in [3.05, 3.63) is 41.5 Å². The maximum Gasteiger partial charge on any atom is 0.409 e. The Kier molecular flexibility index (Phi) is 5.48. The summed E-state index contributed by atoms with van der Waals surface area (Å²) in [6.45, 7) is 4.44. The average Bonchev–Trinajstić information content (AvgIpc) is 2.94. The Morgan fingerprint density at radius 1 is 1.26 bits per heavy atom. The number of nitrogens with zero attached hydrogens (tertiary/aromatic N) is 1. The number of rotatable bonds is 3. The lowest BCUT2D eigenvalue weighted by Crippen LogP contribution is -2.36. The molecule has 0 bridgehead atoms. The van der Waals surface area contributed by atoms with E-state index >= 15 is 0 Å². The molecule has 2 heterocycles. The minimum absolute atomic E-state index is 0.144. The molecule has 0 aromatic heterocycles. The standard InChI is InChI=1S/C20H24N2O5/c1-12-17(19(24)27-18(12)21-13(2)23)16-6-4-14(5-7-16)15-8-10-22(11-9-15)20(25)26-3/h4-8,12,17-18H,9-11H2,1-3H3,(H,21,23). The van der Waals surface area contributed by atoms with Gasteiger partial charge in [-0.3, -0.25) is 9.59 Å². The van der Waals surface area contributed by atoms with E-state index in [1.54, 1.807) is 4.90 Å². The molecule has 27 heavy (non-hydrogen) atoms. The van der Waals surface area contributed by atoms with E-state index in [1.807, 2.05) is 37.3 Å². The average molecular weight is 372 g/mol. The molecule has 0 saturated carbocycles. The molecule has 7 heteroatoms. The third-order valence-electron chi connectivity index (χ3n) is 5.13. The van der Waals surface area contributed by atoms with E-state index in [-0.39, 0.29) is 23.9 Å². The fourth-order valence-electron chi connectivity index (χ4n) is 3.63. The molecule has 1 saturated heterocycles. The third kappa shape index (κ3) is 3.97. The van der Waals surface area contributed by atoms with E-state index in [1.165, 1.54) is 19.6 Å². The van der Waals surface area contributed by atoms with Gasteiger partial charge >= 0.3 is 12.1 Å². The van der Waals surface area contributed by atoms with Crippen molar-refractivity contribution < 1.29 is 23.9 Å². The van der Waals surface area contributed by atoms with Gasteiger partial charge in [-0.1, -0.05) is 37.3 Å². The lowest BCUT2D eigenvalue weighted by atomic mass is 9.87. The molecule has 2 aliphatic rings.